The molecule has 96 valence electrons. The fourth-order valence-electron chi connectivity index (χ4n) is 2.73. The molecule has 0 aromatic carbocycles. The molecule has 4 heteroatoms. The molecule has 0 aromatic rings. The van der Waals surface area contributed by atoms with Gasteiger partial charge in [0.25, 0.3) is 0 Å². The third-order valence-corrected chi connectivity index (χ3v) is 3.80. The Morgan fingerprint density at radius 3 is 1.47 bits per heavy atom. The van der Waals surface area contributed by atoms with Crippen LogP contribution in [0.3, 0.4) is 0 Å². The van der Waals surface area contributed by atoms with Gasteiger partial charge in [-0.3, -0.25) is 10.9 Å². The molecular formula is C13H24N4. The van der Waals surface area contributed by atoms with E-state index >= 15 is 0 Å². The Morgan fingerprint density at radius 1 is 0.647 bits per heavy atom. The lowest BCUT2D eigenvalue weighted by Crippen LogP contribution is -2.27. The van der Waals surface area contributed by atoms with Gasteiger partial charge in [-0.2, -0.15) is 0 Å². The third kappa shape index (κ3) is 4.78. The molecule has 0 heterocycles. The molecule has 0 bridgehead atoms. The van der Waals surface area contributed by atoms with E-state index in [1.54, 1.807) is 0 Å². The Bertz CT molecular complexity index is 235. The van der Waals surface area contributed by atoms with E-state index < -0.39 is 0 Å². The Labute approximate surface area is 104 Å². The first-order valence-corrected chi connectivity index (χ1v) is 7.10. The van der Waals surface area contributed by atoms with Gasteiger partial charge in [-0.1, -0.05) is 38.5 Å². The summed E-state index contributed by atoms with van der Waals surface area (Å²) in [7, 11) is 0. The second-order valence-electron chi connectivity index (χ2n) is 5.25. The third-order valence-electron chi connectivity index (χ3n) is 3.80. The average molecular weight is 236 g/mol. The smallest absolute Gasteiger partial charge is 0.138 e. The van der Waals surface area contributed by atoms with Crippen molar-refractivity contribution in [1.82, 2.24) is 10.9 Å². The lowest BCUT2D eigenvalue weighted by molar-refractivity contribution is 0.377. The van der Waals surface area contributed by atoms with Crippen LogP contribution in [0.5, 0.6) is 0 Å². The summed E-state index contributed by atoms with van der Waals surface area (Å²) >= 11 is 0. The van der Waals surface area contributed by atoms with Crippen molar-refractivity contribution in [2.75, 3.05) is 0 Å². The summed E-state index contributed by atoms with van der Waals surface area (Å²) in [6.07, 6.45) is 13.0. The largest absolute Gasteiger partial charge is 0.297 e. The van der Waals surface area contributed by atoms with Gasteiger partial charge < -0.3 is 0 Å². The van der Waals surface area contributed by atoms with Crippen molar-refractivity contribution in [3.8, 4) is 0 Å². The average Bonchev–Trinajstić information content (AvgIpc) is 2.41. The second-order valence-corrected chi connectivity index (χ2v) is 5.25. The first-order valence-electron chi connectivity index (χ1n) is 7.10. The van der Waals surface area contributed by atoms with Crippen molar-refractivity contribution < 1.29 is 0 Å². The number of nitrogens with one attached hydrogen (secondary N) is 2. The fraction of sp³-hybridized carbons (Fsp3) is 0.923. The van der Waals surface area contributed by atoms with Crippen LogP contribution in [-0.2, 0) is 0 Å². The summed E-state index contributed by atoms with van der Waals surface area (Å²) in [4.78, 5) is 0. The molecule has 2 N–H and O–H groups in total. The topological polar surface area (TPSA) is 48.8 Å². The maximum Gasteiger partial charge on any atom is 0.138 e. The Kier molecular flexibility index (Phi) is 5.37. The SMILES string of the molecule is C(=NNC1CCCCC1)=NNC1CCCCC1. The van der Waals surface area contributed by atoms with E-state index in [1.807, 2.05) is 0 Å². The molecule has 0 spiro atoms. The van der Waals surface area contributed by atoms with Crippen molar-refractivity contribution in [3.05, 3.63) is 0 Å². The first kappa shape index (κ1) is 12.4. The Balaban J connectivity index is 1.61. The molecule has 17 heavy (non-hydrogen) atoms. The number of nitrogens with zero attached hydrogens (tertiary/aromatic N) is 2. The first-order chi connectivity index (χ1) is 8.45. The van der Waals surface area contributed by atoms with Gasteiger partial charge in [-0.15, -0.1) is 10.2 Å². The van der Waals surface area contributed by atoms with E-state index in [0.717, 1.165) is 0 Å². The van der Waals surface area contributed by atoms with Crippen molar-refractivity contribution >= 4 is 6.01 Å². The van der Waals surface area contributed by atoms with E-state index in [1.165, 1.54) is 64.2 Å². The molecule has 4 nitrogen and oxygen atoms in total. The molecule has 0 radical (unpaired) electrons. The van der Waals surface area contributed by atoms with Crippen LogP contribution in [-0.4, -0.2) is 18.1 Å². The maximum atomic E-state index is 4.05. The van der Waals surface area contributed by atoms with Crippen molar-refractivity contribution in [1.29, 1.82) is 0 Å². The van der Waals surface area contributed by atoms with Gasteiger partial charge in [0.1, 0.15) is 6.01 Å². The lowest BCUT2D eigenvalue weighted by atomic mass is 9.96. The minimum atomic E-state index is 0.543. The van der Waals surface area contributed by atoms with Crippen LogP contribution in [0.2, 0.25) is 0 Å². The number of hydrazone groups is 2. The highest BCUT2D eigenvalue weighted by atomic mass is 15.4. The summed E-state index contributed by atoms with van der Waals surface area (Å²) in [6.45, 7) is 0. The zero-order valence-electron chi connectivity index (χ0n) is 10.6. The zero-order chi connectivity index (χ0) is 11.8. The molecule has 2 aliphatic rings. The molecule has 0 amide bonds. The van der Waals surface area contributed by atoms with Crippen molar-refractivity contribution in [3.63, 3.8) is 0 Å². The molecule has 0 aromatic heterocycles. The summed E-state index contributed by atoms with van der Waals surface area (Å²) in [5.74, 6) is 0. The maximum absolute atomic E-state index is 4.05. The van der Waals surface area contributed by atoms with E-state index in [4.69, 9.17) is 0 Å². The van der Waals surface area contributed by atoms with Gasteiger partial charge in [0.15, 0.2) is 0 Å². The van der Waals surface area contributed by atoms with Crippen molar-refractivity contribution in [2.24, 2.45) is 10.2 Å². The van der Waals surface area contributed by atoms with Crippen molar-refractivity contribution in [2.45, 2.75) is 76.3 Å². The highest BCUT2D eigenvalue weighted by molar-refractivity contribution is 5.39. The summed E-state index contributed by atoms with van der Waals surface area (Å²) < 4.78 is 0. The molecule has 0 unspecified atom stereocenters. The predicted molar refractivity (Wildman–Crippen MR) is 69.9 cm³/mol. The van der Waals surface area contributed by atoms with E-state index in [-0.39, 0.29) is 0 Å². The monoisotopic (exact) mass is 236 g/mol. The summed E-state index contributed by atoms with van der Waals surface area (Å²) in [6, 6.07) is 3.79. The standard InChI is InChI=1S/C13H24N4/c1-3-7-12(8-4-1)16-14-11-15-17-13-9-5-2-6-10-13/h12-13,16-17H,1-10H2. The number of rotatable bonds is 4. The Morgan fingerprint density at radius 2 is 1.06 bits per heavy atom. The molecule has 2 rings (SSSR count). The van der Waals surface area contributed by atoms with Crippen LogP contribution in [0.25, 0.3) is 0 Å². The van der Waals surface area contributed by atoms with Gasteiger partial charge in [-0.25, -0.2) is 0 Å². The summed E-state index contributed by atoms with van der Waals surface area (Å²) in [5.41, 5.74) is 6.28. The lowest BCUT2D eigenvalue weighted by Gasteiger charge is -2.20. The van der Waals surface area contributed by atoms with E-state index in [2.05, 4.69) is 27.1 Å². The van der Waals surface area contributed by atoms with E-state index in [0.29, 0.717) is 12.1 Å². The molecule has 0 atom stereocenters. The molecule has 0 saturated heterocycles. The normalized spacial score (nSPS) is 22.6. The molecule has 2 aliphatic carbocycles. The highest BCUT2D eigenvalue weighted by Gasteiger charge is 2.12. The highest BCUT2D eigenvalue weighted by Crippen LogP contribution is 2.17. The minimum Gasteiger partial charge on any atom is -0.297 e. The predicted octanol–water partition coefficient (Wildman–Crippen LogP) is 2.83. The zero-order valence-corrected chi connectivity index (χ0v) is 10.6. The quantitative estimate of drug-likeness (QED) is 0.582. The van der Waals surface area contributed by atoms with Gasteiger partial charge in [0.2, 0.25) is 0 Å². The van der Waals surface area contributed by atoms with Crippen LogP contribution in [0.15, 0.2) is 10.2 Å². The molecule has 0 aliphatic heterocycles. The minimum absolute atomic E-state index is 0.543. The Hall–Kier alpha value is -1.02. The fourth-order valence-corrected chi connectivity index (χ4v) is 2.73. The van der Waals surface area contributed by atoms with Crippen LogP contribution in [0, 0.1) is 0 Å². The van der Waals surface area contributed by atoms with Gasteiger partial charge >= 0.3 is 0 Å². The van der Waals surface area contributed by atoms with Gasteiger partial charge in [0, 0.05) is 12.1 Å². The number of hydrogen-bond donors (Lipinski definition) is 2. The van der Waals surface area contributed by atoms with Crippen LogP contribution >= 0.6 is 0 Å². The van der Waals surface area contributed by atoms with Gasteiger partial charge in [-0.05, 0) is 25.7 Å². The molecular weight excluding hydrogens is 212 g/mol. The molecule has 2 saturated carbocycles. The molecule has 2 fully saturated rings. The van der Waals surface area contributed by atoms with Gasteiger partial charge in [0.05, 0.1) is 0 Å². The van der Waals surface area contributed by atoms with Crippen LogP contribution in [0.1, 0.15) is 64.2 Å². The van der Waals surface area contributed by atoms with Crippen LogP contribution in [0.4, 0.5) is 0 Å². The van der Waals surface area contributed by atoms with Crippen LogP contribution < -0.4 is 10.9 Å². The second kappa shape index (κ2) is 7.33. The van der Waals surface area contributed by atoms with E-state index in [9.17, 15) is 0 Å². The number of hydrogen-bond acceptors (Lipinski definition) is 4. The summed E-state index contributed by atoms with van der Waals surface area (Å²) in [5, 5.41) is 8.10.